The number of hydrogen-bond acceptors (Lipinski definition) is 12. The molecule has 71 heavy (non-hydrogen) atoms. The highest BCUT2D eigenvalue weighted by atomic mass is 19.4. The monoisotopic (exact) mass is 974 g/mol. The highest BCUT2D eigenvalue weighted by molar-refractivity contribution is 6.10. The molecule has 0 saturated carbocycles. The Balaban J connectivity index is 1.08. The maximum atomic E-state index is 13.6. The number of benzene rings is 5. The summed E-state index contributed by atoms with van der Waals surface area (Å²) in [5.41, 5.74) is 3.98. The van der Waals surface area contributed by atoms with Crippen molar-refractivity contribution in [1.29, 1.82) is 0 Å². The van der Waals surface area contributed by atoms with Gasteiger partial charge in [-0.3, -0.25) is 28.8 Å². The fourth-order valence-corrected chi connectivity index (χ4v) is 6.57. The molecular weight excluding hydrogens is 930 g/mol. The third kappa shape index (κ3) is 12.9. The van der Waals surface area contributed by atoms with Gasteiger partial charge < -0.3 is 46.5 Å². The SMILES string of the molecule is C=CCOC(=O)c1ccc(NC(=O)c2ccc(NC(=O)c3ccc(NC(=O)[C@H](CC(N)=O)NC(=O)c4ccc(NC(=O)c5ccc(C6(C(F)(F)F)N=N6)cc5)cc4)cc3)c(OC(C)C)c2OCC=C)cc1. The summed E-state index contributed by atoms with van der Waals surface area (Å²) in [4.78, 5) is 90.8. The van der Waals surface area contributed by atoms with E-state index in [4.69, 9.17) is 19.9 Å². The van der Waals surface area contributed by atoms with Crippen molar-refractivity contribution in [3.8, 4) is 11.5 Å². The highest BCUT2D eigenvalue weighted by Gasteiger charge is 2.65. The molecule has 1 aliphatic heterocycles. The van der Waals surface area contributed by atoms with Crippen LogP contribution in [0.25, 0.3) is 0 Å². The van der Waals surface area contributed by atoms with Crippen LogP contribution in [0.15, 0.2) is 145 Å². The molecule has 0 radical (unpaired) electrons. The van der Waals surface area contributed by atoms with Crippen molar-refractivity contribution >= 4 is 64.2 Å². The lowest BCUT2D eigenvalue weighted by molar-refractivity contribution is -0.166. The lowest BCUT2D eigenvalue weighted by atomic mass is 10.0. The molecule has 5 aromatic rings. The standard InChI is InChI=1S/C50H45F3N8O10/c1-5-25-69-41-37(46(66)56-35-21-13-32(14-22-35)48(68)70-26-6-2)23-24-38(42(41)71-28(3)4)58-44(64)30-11-19-36(20-12-30)57-47(67)39(27-40(54)62)59-45(65)31-9-17-34(18-10-31)55-43(63)29-7-15-33(16-8-29)49(60-61-49)50(51,52)53/h5-24,28,39H,1-2,25-27H2,3-4H3,(H2,54,62)(H,55,63)(H,56,66)(H,57,67)(H,58,64)(H,59,65)/t39-/m0/s1. The van der Waals surface area contributed by atoms with Gasteiger partial charge in [-0.15, -0.1) is 10.2 Å². The Kier molecular flexibility index (Phi) is 16.1. The van der Waals surface area contributed by atoms with E-state index < -0.39 is 71.8 Å². The Morgan fingerprint density at radius 1 is 0.634 bits per heavy atom. The van der Waals surface area contributed by atoms with E-state index in [2.05, 4.69) is 50.0 Å². The van der Waals surface area contributed by atoms with Gasteiger partial charge in [-0.25, -0.2) is 4.79 Å². The Morgan fingerprint density at radius 2 is 1.13 bits per heavy atom. The summed E-state index contributed by atoms with van der Waals surface area (Å²) in [7, 11) is 0. The molecule has 0 aliphatic carbocycles. The van der Waals surface area contributed by atoms with Crippen LogP contribution < -0.4 is 41.8 Å². The number of nitrogens with two attached hydrogens (primary N) is 1. The van der Waals surface area contributed by atoms with Crippen molar-refractivity contribution in [2.24, 2.45) is 16.0 Å². The molecule has 0 spiro atoms. The molecule has 21 heteroatoms. The second kappa shape index (κ2) is 22.3. The van der Waals surface area contributed by atoms with Crippen LogP contribution in [-0.2, 0) is 20.0 Å². The predicted octanol–water partition coefficient (Wildman–Crippen LogP) is 7.93. The van der Waals surface area contributed by atoms with Crippen molar-refractivity contribution in [3.05, 3.63) is 168 Å². The number of rotatable bonds is 21. The number of carbonyl (C=O) groups is 7. The molecule has 0 saturated heterocycles. The molecule has 18 nitrogen and oxygen atoms in total. The number of primary amides is 1. The summed E-state index contributed by atoms with van der Waals surface area (Å²) in [6, 6.07) is 23.1. The molecule has 5 aromatic carbocycles. The van der Waals surface area contributed by atoms with Crippen molar-refractivity contribution in [3.63, 3.8) is 0 Å². The summed E-state index contributed by atoms with van der Waals surface area (Å²) in [5, 5.41) is 19.4. The zero-order valence-electron chi connectivity index (χ0n) is 37.9. The molecule has 1 heterocycles. The van der Waals surface area contributed by atoms with Gasteiger partial charge in [0.1, 0.15) is 19.3 Å². The third-order valence-electron chi connectivity index (χ3n) is 10.1. The molecule has 366 valence electrons. The van der Waals surface area contributed by atoms with E-state index in [9.17, 15) is 46.7 Å². The number of amides is 6. The maximum Gasteiger partial charge on any atom is 0.442 e. The summed E-state index contributed by atoms with van der Waals surface area (Å²) < 4.78 is 57.1. The van der Waals surface area contributed by atoms with Gasteiger partial charge in [-0.05, 0) is 111 Å². The van der Waals surface area contributed by atoms with Crippen LogP contribution in [0.3, 0.4) is 0 Å². The van der Waals surface area contributed by atoms with Gasteiger partial charge in [0.05, 0.1) is 29.3 Å². The van der Waals surface area contributed by atoms with E-state index in [1.807, 2.05) is 0 Å². The number of esters is 1. The van der Waals surface area contributed by atoms with Crippen molar-refractivity contribution in [1.82, 2.24) is 5.32 Å². The Morgan fingerprint density at radius 3 is 1.63 bits per heavy atom. The Hall–Kier alpha value is -9.14. The van der Waals surface area contributed by atoms with Gasteiger partial charge in [0.25, 0.3) is 23.6 Å². The molecule has 7 N–H and O–H groups in total. The lowest BCUT2D eigenvalue weighted by Crippen LogP contribution is -2.46. The van der Waals surface area contributed by atoms with Crippen molar-refractivity contribution < 1.29 is 60.9 Å². The fraction of sp³-hybridized carbons (Fsp3) is 0.180. The van der Waals surface area contributed by atoms with Crippen LogP contribution >= 0.6 is 0 Å². The molecular formula is C50H45F3N8O10. The van der Waals surface area contributed by atoms with Crippen LogP contribution in [0.2, 0.25) is 0 Å². The van der Waals surface area contributed by atoms with Gasteiger partial charge in [-0.2, -0.15) is 13.2 Å². The largest absolute Gasteiger partial charge is 0.485 e. The van der Waals surface area contributed by atoms with E-state index in [1.165, 1.54) is 109 Å². The first-order valence-electron chi connectivity index (χ1n) is 21.4. The van der Waals surface area contributed by atoms with Crippen LogP contribution in [0.1, 0.15) is 77.6 Å². The van der Waals surface area contributed by atoms with Gasteiger partial charge in [0.15, 0.2) is 11.5 Å². The minimum absolute atomic E-state index is 0.00754. The molecule has 6 amide bonds. The van der Waals surface area contributed by atoms with Gasteiger partial charge in [0, 0.05) is 39.3 Å². The number of carbonyl (C=O) groups excluding carboxylic acids is 7. The number of ether oxygens (including phenoxy) is 3. The van der Waals surface area contributed by atoms with E-state index in [0.717, 1.165) is 12.1 Å². The number of nitrogens with one attached hydrogen (secondary N) is 5. The van der Waals surface area contributed by atoms with Crippen molar-refractivity contribution in [2.75, 3.05) is 34.5 Å². The topological polar surface area (TPSA) is 258 Å². The second-order valence-electron chi connectivity index (χ2n) is 15.7. The summed E-state index contributed by atoms with van der Waals surface area (Å²) >= 11 is 0. The number of halogens is 3. The zero-order chi connectivity index (χ0) is 51.5. The van der Waals surface area contributed by atoms with E-state index >= 15 is 0 Å². The third-order valence-corrected chi connectivity index (χ3v) is 10.1. The summed E-state index contributed by atoms with van der Waals surface area (Å²) in [5.74, 6) is -4.86. The van der Waals surface area contributed by atoms with Gasteiger partial charge >= 0.3 is 17.8 Å². The average Bonchev–Trinajstić information content (AvgIpc) is 4.17. The van der Waals surface area contributed by atoms with E-state index in [-0.39, 0.29) is 75.2 Å². The average molecular weight is 975 g/mol. The minimum atomic E-state index is -4.72. The molecule has 6 rings (SSSR count). The first-order valence-corrected chi connectivity index (χ1v) is 21.4. The smallest absolute Gasteiger partial charge is 0.442 e. The van der Waals surface area contributed by atoms with E-state index in [0.29, 0.717) is 5.69 Å². The van der Waals surface area contributed by atoms with Crippen molar-refractivity contribution in [2.45, 2.75) is 44.3 Å². The quantitative estimate of drug-likeness (QED) is 0.0306. The fourth-order valence-electron chi connectivity index (χ4n) is 6.57. The first-order chi connectivity index (χ1) is 33.8. The molecule has 0 unspecified atom stereocenters. The van der Waals surface area contributed by atoms with Crippen LogP contribution in [0.5, 0.6) is 11.5 Å². The van der Waals surface area contributed by atoms with Gasteiger partial charge in [-0.1, -0.05) is 37.4 Å². The summed E-state index contributed by atoms with van der Waals surface area (Å²) in [6.07, 6.45) is -2.85. The maximum absolute atomic E-state index is 13.6. The summed E-state index contributed by atoms with van der Waals surface area (Å²) in [6.45, 7) is 10.7. The molecule has 1 atom stereocenters. The minimum Gasteiger partial charge on any atom is -0.485 e. The highest BCUT2D eigenvalue weighted by Crippen LogP contribution is 2.52. The van der Waals surface area contributed by atoms with Crippen LogP contribution in [0.4, 0.5) is 35.9 Å². The number of alkyl halides is 3. The number of anilines is 4. The second-order valence-corrected chi connectivity index (χ2v) is 15.7. The molecule has 0 bridgehead atoms. The van der Waals surface area contributed by atoms with Crippen LogP contribution in [-0.4, -0.2) is 72.9 Å². The molecule has 0 aromatic heterocycles. The number of nitrogens with zero attached hydrogens (tertiary/aromatic N) is 2. The van der Waals surface area contributed by atoms with Gasteiger partial charge in [0.2, 0.25) is 11.8 Å². The van der Waals surface area contributed by atoms with Crippen LogP contribution in [0, 0.1) is 0 Å². The van der Waals surface area contributed by atoms with E-state index in [1.54, 1.807) is 13.8 Å². The number of hydrogen-bond donors (Lipinski definition) is 6. The predicted molar refractivity (Wildman–Crippen MR) is 254 cm³/mol. The lowest BCUT2D eigenvalue weighted by Gasteiger charge is -2.21. The Bertz CT molecular complexity index is 2880. The Labute approximate surface area is 403 Å². The molecule has 0 fully saturated rings. The first kappa shape index (κ1) is 51.3. The normalized spacial score (nSPS) is 12.6. The molecule has 1 aliphatic rings. The zero-order valence-corrected chi connectivity index (χ0v) is 37.9.